The molecule has 5 heterocycles. The van der Waals surface area contributed by atoms with E-state index in [9.17, 15) is 71.5 Å². The first kappa shape index (κ1) is 41.2. The maximum atomic E-state index is 11.4. The molecule has 23 nitrogen and oxygen atoms in total. The van der Waals surface area contributed by atoms with Crippen molar-refractivity contribution in [2.24, 2.45) is 0 Å². The first-order valence-corrected chi connectivity index (χ1v) is 16.3. The van der Waals surface area contributed by atoms with Crippen LogP contribution in [0.25, 0.3) is 0 Å². The molecule has 5 fully saturated rings. The summed E-state index contributed by atoms with van der Waals surface area (Å²) in [5.41, 5.74) is 0. The molecule has 5 aliphatic heterocycles. The van der Waals surface area contributed by atoms with Crippen molar-refractivity contribution in [2.75, 3.05) is 26.4 Å². The van der Waals surface area contributed by atoms with Gasteiger partial charge in [0, 0.05) is 0 Å². The van der Waals surface area contributed by atoms with Gasteiger partial charge in [-0.05, 0) is 6.92 Å². The van der Waals surface area contributed by atoms with Gasteiger partial charge in [-0.3, -0.25) is 0 Å². The van der Waals surface area contributed by atoms with Crippen molar-refractivity contribution in [3.63, 3.8) is 0 Å². The van der Waals surface area contributed by atoms with Crippen LogP contribution in [0.3, 0.4) is 0 Å². The van der Waals surface area contributed by atoms with Gasteiger partial charge in [-0.25, -0.2) is 0 Å². The van der Waals surface area contributed by atoms with Crippen molar-refractivity contribution in [3.8, 4) is 0 Å². The van der Waals surface area contributed by atoms with Crippen LogP contribution in [0.1, 0.15) is 6.92 Å². The molecule has 0 aliphatic carbocycles. The Morgan fingerprint density at radius 1 is 0.431 bits per heavy atom. The highest BCUT2D eigenvalue weighted by molar-refractivity contribution is 4.98. The highest BCUT2D eigenvalue weighted by atomic mass is 16.8. The zero-order valence-electron chi connectivity index (χ0n) is 27.0. The lowest BCUT2D eigenvalue weighted by Gasteiger charge is -2.50. The number of aliphatic hydroxyl groups excluding tert-OH is 14. The highest BCUT2D eigenvalue weighted by Crippen LogP contribution is 2.36. The van der Waals surface area contributed by atoms with Gasteiger partial charge in [-0.2, -0.15) is 0 Å². The van der Waals surface area contributed by atoms with E-state index in [-0.39, 0.29) is 0 Å². The molecule has 0 spiro atoms. The minimum absolute atomic E-state index is 0.534. The molecular formula is C28H48O23. The molecule has 23 atom stereocenters. The van der Waals surface area contributed by atoms with Crippen LogP contribution >= 0.6 is 0 Å². The molecule has 0 saturated carbocycles. The third-order valence-electron chi connectivity index (χ3n) is 9.50. The normalized spacial score (nSPS) is 54.3. The Kier molecular flexibility index (Phi) is 14.0. The van der Waals surface area contributed by atoms with E-state index >= 15 is 0 Å². The van der Waals surface area contributed by atoms with Crippen LogP contribution in [-0.4, -0.2) is 239 Å². The summed E-state index contributed by atoms with van der Waals surface area (Å²) in [6.07, 6.45) is -40.3. The summed E-state index contributed by atoms with van der Waals surface area (Å²) >= 11 is 0. The predicted molar refractivity (Wildman–Crippen MR) is 153 cm³/mol. The SMILES string of the molecule is C[C@@H]1O[C@@H](O[C@@H]2[C@@H](O)[C@@H](O[C@@H]3O[C@H](CO)[C@@H](O)[C@H](O[C@@H]4OC[C@@H](O)[C@H](O)[C@H]4O)[C@H]3O[C@@H]3OC[C@@H](O)[C@H](O)[C@H]3O)[C@@H](CO)O[C@H]2O)[C@H](O)[C@H](O)[C@H]1O. The number of hydrogen-bond donors (Lipinski definition) is 14. The van der Waals surface area contributed by atoms with Gasteiger partial charge in [-0.1, -0.05) is 0 Å². The monoisotopic (exact) mass is 752 g/mol. The van der Waals surface area contributed by atoms with E-state index in [4.69, 9.17) is 42.6 Å². The van der Waals surface area contributed by atoms with Crippen molar-refractivity contribution in [3.05, 3.63) is 0 Å². The maximum Gasteiger partial charge on any atom is 0.187 e. The Morgan fingerprint density at radius 3 is 1.47 bits per heavy atom. The molecule has 5 aliphatic rings. The molecule has 51 heavy (non-hydrogen) atoms. The number of hydrogen-bond acceptors (Lipinski definition) is 23. The van der Waals surface area contributed by atoms with Crippen molar-refractivity contribution in [1.29, 1.82) is 0 Å². The molecule has 0 unspecified atom stereocenters. The highest BCUT2D eigenvalue weighted by Gasteiger charge is 2.56. The summed E-state index contributed by atoms with van der Waals surface area (Å²) in [5, 5.41) is 146. The fourth-order valence-corrected chi connectivity index (χ4v) is 6.37. The first-order chi connectivity index (χ1) is 24.1. The van der Waals surface area contributed by atoms with E-state index in [1.54, 1.807) is 0 Å². The lowest BCUT2D eigenvalue weighted by Crippen LogP contribution is -2.68. The van der Waals surface area contributed by atoms with Crippen LogP contribution in [0.5, 0.6) is 0 Å². The average Bonchev–Trinajstić information content (AvgIpc) is 3.11. The minimum atomic E-state index is -2.01. The average molecular weight is 753 g/mol. The third-order valence-corrected chi connectivity index (χ3v) is 9.50. The summed E-state index contributed by atoms with van der Waals surface area (Å²) in [4.78, 5) is 0. The molecule has 0 amide bonds. The fraction of sp³-hybridized carbons (Fsp3) is 1.00. The second-order valence-corrected chi connectivity index (χ2v) is 13.0. The molecule has 0 aromatic heterocycles. The second-order valence-electron chi connectivity index (χ2n) is 13.0. The molecule has 5 rings (SSSR count). The molecule has 14 N–H and O–H groups in total. The van der Waals surface area contributed by atoms with E-state index in [0.717, 1.165) is 0 Å². The zero-order valence-corrected chi connectivity index (χ0v) is 27.0. The van der Waals surface area contributed by atoms with Crippen LogP contribution in [-0.2, 0) is 42.6 Å². The summed E-state index contributed by atoms with van der Waals surface area (Å²) in [6, 6.07) is 0. The Balaban J connectivity index is 1.44. The molecule has 0 aromatic carbocycles. The zero-order chi connectivity index (χ0) is 37.5. The minimum Gasteiger partial charge on any atom is -0.394 e. The van der Waals surface area contributed by atoms with Crippen LogP contribution < -0.4 is 0 Å². The van der Waals surface area contributed by atoms with Crippen LogP contribution in [0.4, 0.5) is 0 Å². The summed E-state index contributed by atoms with van der Waals surface area (Å²) in [5.74, 6) is 0. The van der Waals surface area contributed by atoms with Gasteiger partial charge in [0.05, 0.1) is 32.5 Å². The Labute approximate surface area is 289 Å². The predicted octanol–water partition coefficient (Wildman–Crippen LogP) is -9.62. The van der Waals surface area contributed by atoms with Gasteiger partial charge in [0.2, 0.25) is 0 Å². The maximum absolute atomic E-state index is 11.4. The molecular weight excluding hydrogens is 704 g/mol. The standard InChI is InChI=1S/C28H48O23/c1-6-11(33)15(37)18(40)27(45-6)50-22-19(41)20(10(3-30)46-24(22)42)48-28-23(51-26-17(39)13(35)8(32)5-44-26)21(14(36)9(2-29)47-28)49-25-16(38)12(34)7(31)4-43-25/h6-42H,2-5H2,1H3/t6-,7+,8+,9+,10+,11-,12-,13-,14+,15+,16+,17+,18+,19-,20-,21-,22+,23+,24+,25-,26-,27-,28-/m0/s1. The second kappa shape index (κ2) is 17.3. The Hall–Kier alpha value is -0.920. The molecule has 5 saturated heterocycles. The molecule has 0 bridgehead atoms. The van der Waals surface area contributed by atoms with Crippen LogP contribution in [0.15, 0.2) is 0 Å². The van der Waals surface area contributed by atoms with Crippen LogP contribution in [0.2, 0.25) is 0 Å². The van der Waals surface area contributed by atoms with Gasteiger partial charge in [0.25, 0.3) is 0 Å². The Morgan fingerprint density at radius 2 is 0.922 bits per heavy atom. The Bertz CT molecular complexity index is 1090. The van der Waals surface area contributed by atoms with E-state index in [2.05, 4.69) is 0 Å². The quantitative estimate of drug-likeness (QED) is 0.0985. The summed E-state index contributed by atoms with van der Waals surface area (Å²) < 4.78 is 50.4. The van der Waals surface area contributed by atoms with Gasteiger partial charge >= 0.3 is 0 Å². The fourth-order valence-electron chi connectivity index (χ4n) is 6.37. The number of aliphatic hydroxyl groups is 14. The largest absolute Gasteiger partial charge is 0.394 e. The molecule has 298 valence electrons. The van der Waals surface area contributed by atoms with Crippen molar-refractivity contribution < 1.29 is 114 Å². The summed E-state index contributed by atoms with van der Waals surface area (Å²) in [6.45, 7) is -1.57. The lowest BCUT2D eigenvalue weighted by atomic mass is 9.95. The van der Waals surface area contributed by atoms with Gasteiger partial charge < -0.3 is 114 Å². The van der Waals surface area contributed by atoms with Gasteiger partial charge in [-0.15, -0.1) is 0 Å². The topological polar surface area (TPSA) is 366 Å². The van der Waals surface area contributed by atoms with Gasteiger partial charge in [0.15, 0.2) is 31.5 Å². The summed E-state index contributed by atoms with van der Waals surface area (Å²) in [7, 11) is 0. The number of rotatable bonds is 10. The molecule has 0 radical (unpaired) electrons. The van der Waals surface area contributed by atoms with E-state index < -0.39 is 168 Å². The third kappa shape index (κ3) is 8.51. The van der Waals surface area contributed by atoms with Crippen molar-refractivity contribution in [2.45, 2.75) is 148 Å². The van der Waals surface area contributed by atoms with Crippen molar-refractivity contribution >= 4 is 0 Å². The smallest absolute Gasteiger partial charge is 0.187 e. The number of ether oxygens (including phenoxy) is 9. The molecule has 0 aromatic rings. The van der Waals surface area contributed by atoms with E-state index in [1.807, 2.05) is 0 Å². The van der Waals surface area contributed by atoms with E-state index in [0.29, 0.717) is 0 Å². The van der Waals surface area contributed by atoms with Crippen LogP contribution in [0, 0.1) is 0 Å². The van der Waals surface area contributed by atoms with Crippen molar-refractivity contribution in [1.82, 2.24) is 0 Å². The van der Waals surface area contributed by atoms with Gasteiger partial charge in [0.1, 0.15) is 104 Å². The first-order valence-electron chi connectivity index (χ1n) is 16.3. The molecule has 23 heteroatoms. The lowest BCUT2D eigenvalue weighted by molar-refractivity contribution is -0.404. The van der Waals surface area contributed by atoms with E-state index in [1.165, 1.54) is 6.92 Å².